The van der Waals surface area contributed by atoms with Crippen LogP contribution in [0.4, 0.5) is 5.69 Å². The first-order valence-electron chi connectivity index (χ1n) is 6.39. The largest absolute Gasteiger partial charge is 0.395 e. The Bertz CT molecular complexity index is 484. The monoisotopic (exact) mass is 268 g/mol. The summed E-state index contributed by atoms with van der Waals surface area (Å²) >= 11 is 0. The Morgan fingerprint density at radius 3 is 2.37 bits per heavy atom. The van der Waals surface area contributed by atoms with Gasteiger partial charge in [-0.25, -0.2) is 0 Å². The number of carbonyl (C=O) groups is 1. The average molecular weight is 268 g/mol. The lowest BCUT2D eigenvalue weighted by molar-refractivity contribution is -0.00310. The predicted molar refractivity (Wildman–Crippen MR) is 74.9 cm³/mol. The zero-order valence-corrected chi connectivity index (χ0v) is 12.5. The van der Waals surface area contributed by atoms with Crippen LogP contribution in [0.25, 0.3) is 0 Å². The first-order valence-corrected chi connectivity index (χ1v) is 6.39. The smallest absolute Gasteiger partial charge is 0.272 e. The zero-order chi connectivity index (χ0) is 15.0. The highest BCUT2D eigenvalue weighted by Gasteiger charge is 2.37. The number of amides is 1. The van der Waals surface area contributed by atoms with E-state index in [1.54, 1.807) is 39.3 Å². The molecule has 0 unspecified atom stereocenters. The molecular weight excluding hydrogens is 244 g/mol. The van der Waals surface area contributed by atoms with Crippen molar-refractivity contribution in [3.63, 3.8) is 0 Å². The first-order chi connectivity index (χ1) is 8.51. The fourth-order valence-corrected chi connectivity index (χ4v) is 1.56. The number of hydrogen-bond acceptors (Lipinski definition) is 4. The van der Waals surface area contributed by atoms with E-state index in [0.29, 0.717) is 23.6 Å². The molecule has 1 amide bonds. The van der Waals surface area contributed by atoms with Gasteiger partial charge >= 0.3 is 0 Å². The van der Waals surface area contributed by atoms with Crippen molar-refractivity contribution < 1.29 is 9.90 Å². The van der Waals surface area contributed by atoms with Gasteiger partial charge in [0.05, 0.1) is 22.5 Å². The Morgan fingerprint density at radius 1 is 1.42 bits per heavy atom. The number of aliphatic hydroxyl groups is 1. The van der Waals surface area contributed by atoms with Crippen molar-refractivity contribution in [2.75, 3.05) is 5.73 Å². The lowest BCUT2D eigenvalue weighted by Crippen LogP contribution is -2.58. The maximum Gasteiger partial charge on any atom is 0.272 e. The van der Waals surface area contributed by atoms with Crippen molar-refractivity contribution in [2.24, 2.45) is 0 Å². The second kappa shape index (κ2) is 4.85. The number of aromatic nitrogens is 2. The predicted octanol–water partition coefficient (Wildman–Crippen LogP) is 1.07. The lowest BCUT2D eigenvalue weighted by Gasteiger charge is -2.38. The number of rotatable bonds is 4. The van der Waals surface area contributed by atoms with Crippen LogP contribution >= 0.6 is 0 Å². The second-order valence-electron chi connectivity index (χ2n) is 5.80. The van der Waals surface area contributed by atoms with E-state index >= 15 is 0 Å². The number of nitrogens with zero attached hydrogens (tertiary/aromatic N) is 2. The molecule has 0 atom stereocenters. The third-order valence-electron chi connectivity index (χ3n) is 3.64. The molecule has 0 saturated carbocycles. The highest BCUT2D eigenvalue weighted by Crippen LogP contribution is 2.23. The standard InChI is InChI=1S/C13H24N4O2/c1-7-17-10(9(14)8(2)16-17)11(18)15-12(3,4)13(5,6)19/h19H,7,14H2,1-6H3,(H,15,18). The van der Waals surface area contributed by atoms with E-state index in [9.17, 15) is 9.90 Å². The van der Waals surface area contributed by atoms with Gasteiger partial charge in [-0.2, -0.15) is 5.10 Å². The molecule has 0 bridgehead atoms. The molecule has 6 heteroatoms. The lowest BCUT2D eigenvalue weighted by atomic mass is 9.86. The molecule has 108 valence electrons. The van der Waals surface area contributed by atoms with Crippen LogP contribution in [0.1, 0.15) is 50.8 Å². The normalized spacial score (nSPS) is 12.6. The molecule has 1 aromatic rings. The quantitative estimate of drug-likeness (QED) is 0.761. The van der Waals surface area contributed by atoms with Gasteiger partial charge in [0, 0.05) is 6.54 Å². The van der Waals surface area contributed by atoms with Crippen molar-refractivity contribution in [1.82, 2.24) is 15.1 Å². The van der Waals surface area contributed by atoms with Crippen molar-refractivity contribution >= 4 is 11.6 Å². The molecular formula is C13H24N4O2. The average Bonchev–Trinajstić information content (AvgIpc) is 2.52. The van der Waals surface area contributed by atoms with Gasteiger partial charge < -0.3 is 16.2 Å². The number of hydrogen-bond donors (Lipinski definition) is 3. The molecule has 1 rings (SSSR count). The molecule has 0 aromatic carbocycles. The maximum absolute atomic E-state index is 12.4. The number of nitrogens with one attached hydrogen (secondary N) is 1. The summed E-state index contributed by atoms with van der Waals surface area (Å²) in [6.45, 7) is 11.0. The zero-order valence-electron chi connectivity index (χ0n) is 12.5. The highest BCUT2D eigenvalue weighted by molar-refractivity contribution is 5.98. The molecule has 0 radical (unpaired) electrons. The van der Waals surface area contributed by atoms with Crippen LogP contribution in [0.15, 0.2) is 0 Å². The summed E-state index contributed by atoms with van der Waals surface area (Å²) in [5.41, 5.74) is 5.42. The summed E-state index contributed by atoms with van der Waals surface area (Å²) in [5, 5.41) is 17.1. The first kappa shape index (κ1) is 15.5. The maximum atomic E-state index is 12.4. The van der Waals surface area contributed by atoms with Crippen LogP contribution < -0.4 is 11.1 Å². The summed E-state index contributed by atoms with van der Waals surface area (Å²) in [6, 6.07) is 0. The van der Waals surface area contributed by atoms with Crippen molar-refractivity contribution in [1.29, 1.82) is 0 Å². The van der Waals surface area contributed by atoms with Crippen LogP contribution in [-0.4, -0.2) is 31.9 Å². The fourth-order valence-electron chi connectivity index (χ4n) is 1.56. The molecule has 19 heavy (non-hydrogen) atoms. The Hall–Kier alpha value is -1.56. The summed E-state index contributed by atoms with van der Waals surface area (Å²) in [5.74, 6) is -0.327. The third kappa shape index (κ3) is 2.89. The van der Waals surface area contributed by atoms with E-state index in [2.05, 4.69) is 10.4 Å². The minimum atomic E-state index is -1.05. The molecule has 4 N–H and O–H groups in total. The molecule has 0 aliphatic carbocycles. The fraction of sp³-hybridized carbons (Fsp3) is 0.692. The van der Waals surface area contributed by atoms with Crippen LogP contribution in [-0.2, 0) is 6.54 Å². The number of aryl methyl sites for hydroxylation is 2. The minimum Gasteiger partial charge on any atom is -0.395 e. The van der Waals surface area contributed by atoms with Crippen LogP contribution in [0.3, 0.4) is 0 Å². The van der Waals surface area contributed by atoms with E-state index in [-0.39, 0.29) is 5.91 Å². The Kier molecular flexibility index (Phi) is 3.95. The third-order valence-corrected chi connectivity index (χ3v) is 3.64. The summed E-state index contributed by atoms with van der Waals surface area (Å²) < 4.78 is 1.57. The van der Waals surface area contributed by atoms with Gasteiger partial charge in [0.1, 0.15) is 5.69 Å². The van der Waals surface area contributed by atoms with E-state index in [1.165, 1.54) is 0 Å². The molecule has 0 spiro atoms. The van der Waals surface area contributed by atoms with Gasteiger partial charge in [-0.1, -0.05) is 0 Å². The van der Waals surface area contributed by atoms with Gasteiger partial charge in [-0.15, -0.1) is 0 Å². The van der Waals surface area contributed by atoms with Crippen LogP contribution in [0, 0.1) is 6.92 Å². The van der Waals surface area contributed by atoms with Crippen LogP contribution in [0.2, 0.25) is 0 Å². The topological polar surface area (TPSA) is 93.2 Å². The summed E-state index contributed by atoms with van der Waals surface area (Å²) in [6.07, 6.45) is 0. The van der Waals surface area contributed by atoms with Crippen LogP contribution in [0.5, 0.6) is 0 Å². The molecule has 0 aliphatic rings. The molecule has 0 saturated heterocycles. The Balaban J connectivity index is 3.09. The number of nitrogen functional groups attached to an aromatic ring is 1. The number of carbonyl (C=O) groups excluding carboxylic acids is 1. The van der Waals surface area contributed by atoms with Gasteiger partial charge in [-0.3, -0.25) is 9.48 Å². The molecule has 0 fully saturated rings. The van der Waals surface area contributed by atoms with E-state index < -0.39 is 11.1 Å². The molecule has 1 heterocycles. The van der Waals surface area contributed by atoms with Crippen molar-refractivity contribution in [2.45, 2.75) is 59.2 Å². The van der Waals surface area contributed by atoms with Crippen molar-refractivity contribution in [3.8, 4) is 0 Å². The highest BCUT2D eigenvalue weighted by atomic mass is 16.3. The van der Waals surface area contributed by atoms with Gasteiger partial charge in [0.15, 0.2) is 0 Å². The van der Waals surface area contributed by atoms with Gasteiger partial charge in [0.25, 0.3) is 5.91 Å². The van der Waals surface area contributed by atoms with E-state index in [1.807, 2.05) is 6.92 Å². The number of nitrogens with two attached hydrogens (primary N) is 1. The minimum absolute atomic E-state index is 0.327. The SMILES string of the molecule is CCn1nc(C)c(N)c1C(=O)NC(C)(C)C(C)(C)O. The number of anilines is 1. The molecule has 6 nitrogen and oxygen atoms in total. The Morgan fingerprint density at radius 2 is 1.95 bits per heavy atom. The van der Waals surface area contributed by atoms with E-state index in [0.717, 1.165) is 0 Å². The Labute approximate surface area is 114 Å². The van der Waals surface area contributed by atoms with E-state index in [4.69, 9.17) is 5.73 Å². The second-order valence-corrected chi connectivity index (χ2v) is 5.80. The van der Waals surface area contributed by atoms with Gasteiger partial charge in [-0.05, 0) is 41.5 Å². The summed E-state index contributed by atoms with van der Waals surface area (Å²) in [7, 11) is 0. The summed E-state index contributed by atoms with van der Waals surface area (Å²) in [4.78, 5) is 12.4. The molecule has 1 aromatic heterocycles. The molecule has 0 aliphatic heterocycles. The van der Waals surface area contributed by atoms with Gasteiger partial charge in [0.2, 0.25) is 0 Å². The van der Waals surface area contributed by atoms with Crippen molar-refractivity contribution in [3.05, 3.63) is 11.4 Å².